The van der Waals surface area contributed by atoms with Crippen LogP contribution in [0.1, 0.15) is 24.8 Å². The molecule has 0 amide bonds. The summed E-state index contributed by atoms with van der Waals surface area (Å²) in [7, 11) is -7.78. The predicted octanol–water partition coefficient (Wildman–Crippen LogP) is 3.60. The van der Waals surface area contributed by atoms with Gasteiger partial charge in [0.05, 0.1) is 34.7 Å². The molecule has 0 unspecified atom stereocenters. The van der Waals surface area contributed by atoms with Gasteiger partial charge in [0, 0.05) is 24.1 Å². The SMILES string of the molecule is O=S(=O)(CC[C@@H]1OCC[C@@]2(S(=O)(=O)c3ccc(Cl)cc3)c3c(F)ccc(F)c3OC[C@@H]12)CCN1CCC1. The molecule has 5 rings (SSSR count). The van der Waals surface area contributed by atoms with Crippen LogP contribution in [0.5, 0.6) is 5.75 Å². The van der Waals surface area contributed by atoms with Crippen molar-refractivity contribution in [3.05, 3.63) is 58.6 Å². The molecule has 3 aliphatic rings. The van der Waals surface area contributed by atoms with Gasteiger partial charge in [-0.15, -0.1) is 0 Å². The Balaban J connectivity index is 1.53. The number of likely N-dealkylation sites (tertiary alicyclic amines) is 1. The van der Waals surface area contributed by atoms with Crippen molar-refractivity contribution < 1.29 is 35.1 Å². The van der Waals surface area contributed by atoms with Gasteiger partial charge in [0.2, 0.25) is 0 Å². The minimum absolute atomic E-state index is 0.00221. The molecule has 202 valence electrons. The third-order valence-corrected chi connectivity index (χ3v) is 12.2. The first-order chi connectivity index (χ1) is 17.5. The van der Waals surface area contributed by atoms with E-state index in [0.717, 1.165) is 31.6 Å². The Morgan fingerprint density at radius 2 is 1.70 bits per heavy atom. The molecule has 12 heteroatoms. The number of ether oxygens (including phenoxy) is 2. The van der Waals surface area contributed by atoms with Crippen LogP contribution in [-0.2, 0) is 29.2 Å². The first-order valence-corrected chi connectivity index (χ1v) is 15.9. The highest BCUT2D eigenvalue weighted by Crippen LogP contribution is 2.55. The summed E-state index contributed by atoms with van der Waals surface area (Å²) in [5.41, 5.74) is -0.368. The first-order valence-electron chi connectivity index (χ1n) is 12.2. The molecule has 7 nitrogen and oxygen atoms in total. The van der Waals surface area contributed by atoms with E-state index in [2.05, 4.69) is 4.90 Å². The van der Waals surface area contributed by atoms with Crippen LogP contribution < -0.4 is 4.74 Å². The fraction of sp³-hybridized carbons (Fsp3) is 0.520. The lowest BCUT2D eigenvalue weighted by Gasteiger charge is -2.50. The Labute approximate surface area is 220 Å². The molecule has 0 saturated carbocycles. The minimum atomic E-state index is -4.34. The number of sulfone groups is 2. The second kappa shape index (κ2) is 10.1. The van der Waals surface area contributed by atoms with E-state index in [-0.39, 0.29) is 48.0 Å². The number of halogens is 3. The van der Waals surface area contributed by atoms with Gasteiger partial charge in [0.1, 0.15) is 10.6 Å². The second-order valence-corrected chi connectivity index (χ2v) is 14.7. The van der Waals surface area contributed by atoms with E-state index < -0.39 is 53.8 Å². The Bertz CT molecular complexity index is 1380. The van der Waals surface area contributed by atoms with Crippen molar-refractivity contribution in [1.29, 1.82) is 0 Å². The van der Waals surface area contributed by atoms with Crippen LogP contribution >= 0.6 is 11.6 Å². The van der Waals surface area contributed by atoms with Gasteiger partial charge in [-0.2, -0.15) is 0 Å². The maximum atomic E-state index is 15.4. The van der Waals surface area contributed by atoms with Gasteiger partial charge in [-0.1, -0.05) is 11.6 Å². The molecular weight excluding hydrogens is 548 g/mol. The quantitative estimate of drug-likeness (QED) is 0.475. The number of nitrogens with zero attached hydrogens (tertiary/aromatic N) is 1. The standard InChI is InChI=1S/C25H28ClF2NO6S2/c26-17-2-4-18(5-3-17)37(32,33)25-9-13-34-22(8-14-36(30,31)15-12-29-10-1-11-29)19(25)16-35-24-21(28)7-6-20(27)23(24)25/h2-7,19,22H,1,8-16H2/t19-,22-,25-/m0/s1. The molecule has 37 heavy (non-hydrogen) atoms. The monoisotopic (exact) mass is 575 g/mol. The number of rotatable bonds is 8. The van der Waals surface area contributed by atoms with Crippen LogP contribution in [0.25, 0.3) is 0 Å². The summed E-state index contributed by atoms with van der Waals surface area (Å²) < 4.78 is 93.9. The van der Waals surface area contributed by atoms with Crippen LogP contribution in [0.4, 0.5) is 8.78 Å². The van der Waals surface area contributed by atoms with Gasteiger partial charge in [-0.05, 0) is 68.8 Å². The topological polar surface area (TPSA) is 90.0 Å². The van der Waals surface area contributed by atoms with Crippen molar-refractivity contribution in [2.45, 2.75) is 35.0 Å². The van der Waals surface area contributed by atoms with E-state index in [0.29, 0.717) is 11.6 Å². The highest BCUT2D eigenvalue weighted by molar-refractivity contribution is 7.92. The zero-order valence-electron chi connectivity index (χ0n) is 20.0. The number of benzene rings is 2. The molecule has 0 spiro atoms. The van der Waals surface area contributed by atoms with E-state index in [1.54, 1.807) is 0 Å². The summed E-state index contributed by atoms with van der Waals surface area (Å²) in [6.45, 7) is 1.88. The summed E-state index contributed by atoms with van der Waals surface area (Å²) >= 11 is 5.97. The first kappa shape index (κ1) is 26.8. The molecule has 2 aromatic rings. The molecule has 3 atom stereocenters. The van der Waals surface area contributed by atoms with Crippen LogP contribution in [0.15, 0.2) is 41.3 Å². The molecule has 2 fully saturated rings. The van der Waals surface area contributed by atoms with Crippen LogP contribution in [0.2, 0.25) is 5.02 Å². The average Bonchev–Trinajstić information content (AvgIpc) is 2.83. The Kier molecular flexibility index (Phi) is 7.29. The molecule has 2 saturated heterocycles. The van der Waals surface area contributed by atoms with Crippen LogP contribution in [0, 0.1) is 17.6 Å². The Morgan fingerprint density at radius 3 is 2.38 bits per heavy atom. The molecule has 3 heterocycles. The smallest absolute Gasteiger partial charge is 0.189 e. The summed E-state index contributed by atoms with van der Waals surface area (Å²) in [5, 5.41) is 0.325. The second-order valence-electron chi connectivity index (χ2n) is 9.79. The van der Waals surface area contributed by atoms with Gasteiger partial charge < -0.3 is 14.4 Å². The fourth-order valence-corrected chi connectivity index (χ4v) is 9.41. The van der Waals surface area contributed by atoms with E-state index in [4.69, 9.17) is 21.1 Å². The van der Waals surface area contributed by atoms with Gasteiger partial charge in [0.15, 0.2) is 31.2 Å². The zero-order chi connectivity index (χ0) is 26.4. The summed E-state index contributed by atoms with van der Waals surface area (Å²) in [5.74, 6) is -3.37. The fourth-order valence-electron chi connectivity index (χ4n) is 5.61. The molecule has 0 aromatic heterocycles. The van der Waals surface area contributed by atoms with E-state index in [9.17, 15) is 21.2 Å². The molecule has 0 bridgehead atoms. The Morgan fingerprint density at radius 1 is 1.00 bits per heavy atom. The lowest BCUT2D eigenvalue weighted by molar-refractivity contribution is -0.0732. The predicted molar refractivity (Wildman–Crippen MR) is 134 cm³/mol. The molecule has 3 aliphatic heterocycles. The molecular formula is C25H28ClF2NO6S2. The van der Waals surface area contributed by atoms with Crippen molar-refractivity contribution in [3.63, 3.8) is 0 Å². The lowest BCUT2D eigenvalue weighted by Crippen LogP contribution is -2.57. The van der Waals surface area contributed by atoms with Gasteiger partial charge in [-0.25, -0.2) is 25.6 Å². The van der Waals surface area contributed by atoms with Crippen molar-refractivity contribution in [1.82, 2.24) is 4.90 Å². The molecule has 0 radical (unpaired) electrons. The number of fused-ring (bicyclic) bond motifs is 3. The van der Waals surface area contributed by atoms with Gasteiger partial charge in [0.25, 0.3) is 0 Å². The third kappa shape index (κ3) is 4.78. The van der Waals surface area contributed by atoms with Crippen molar-refractivity contribution in [2.75, 3.05) is 44.4 Å². The zero-order valence-corrected chi connectivity index (χ0v) is 22.4. The normalized spacial score (nSPS) is 26.0. The highest BCUT2D eigenvalue weighted by Gasteiger charge is 2.61. The summed E-state index contributed by atoms with van der Waals surface area (Å²) in [6, 6.07) is 7.30. The van der Waals surface area contributed by atoms with Crippen LogP contribution in [-0.4, -0.2) is 72.2 Å². The number of hydrogen-bond donors (Lipinski definition) is 0. The lowest BCUT2D eigenvalue weighted by atomic mass is 9.75. The van der Waals surface area contributed by atoms with Gasteiger partial charge in [-0.3, -0.25) is 0 Å². The molecule has 0 aliphatic carbocycles. The Hall–Kier alpha value is -1.79. The van der Waals surface area contributed by atoms with E-state index in [1.165, 1.54) is 24.3 Å². The van der Waals surface area contributed by atoms with Crippen molar-refractivity contribution >= 4 is 31.3 Å². The highest BCUT2D eigenvalue weighted by atomic mass is 35.5. The van der Waals surface area contributed by atoms with Crippen LogP contribution in [0.3, 0.4) is 0 Å². The van der Waals surface area contributed by atoms with E-state index in [1.807, 2.05) is 0 Å². The number of hydrogen-bond acceptors (Lipinski definition) is 7. The maximum Gasteiger partial charge on any atom is 0.189 e. The van der Waals surface area contributed by atoms with E-state index >= 15 is 4.39 Å². The average molecular weight is 576 g/mol. The largest absolute Gasteiger partial charge is 0.490 e. The van der Waals surface area contributed by atoms with Crippen molar-refractivity contribution in [2.24, 2.45) is 5.92 Å². The molecule has 2 aromatic carbocycles. The maximum absolute atomic E-state index is 15.4. The van der Waals surface area contributed by atoms with Gasteiger partial charge >= 0.3 is 0 Å². The molecule has 0 N–H and O–H groups in total. The summed E-state index contributed by atoms with van der Waals surface area (Å²) in [4.78, 5) is 1.96. The minimum Gasteiger partial charge on any atom is -0.490 e. The van der Waals surface area contributed by atoms with Crippen molar-refractivity contribution in [3.8, 4) is 5.75 Å². The summed E-state index contributed by atoms with van der Waals surface area (Å²) in [6.07, 6.45) is 0.0730. The third-order valence-electron chi connectivity index (χ3n) is 7.73.